The predicted octanol–water partition coefficient (Wildman–Crippen LogP) is 1.68. The molecule has 3 fully saturated rings. The van der Waals surface area contributed by atoms with Crippen molar-refractivity contribution in [2.45, 2.75) is 106 Å². The molecule has 2 unspecified atom stereocenters. The molecule has 13 heteroatoms. The van der Waals surface area contributed by atoms with Gasteiger partial charge in [-0.25, -0.2) is 9.59 Å². The van der Waals surface area contributed by atoms with Gasteiger partial charge in [0.2, 0.25) is 17.6 Å². The first kappa shape index (κ1) is 35.1. The first-order chi connectivity index (χ1) is 20.2. The number of likely N-dealkylation sites (tertiary alicyclic amines) is 1. The van der Waals surface area contributed by atoms with Crippen molar-refractivity contribution in [1.29, 1.82) is 0 Å². The fourth-order valence-electron chi connectivity index (χ4n) is 6.17. The number of ether oxygens (including phenoxy) is 1. The number of Topliss-reactive ketones (excluding diaryl/α,β-unsaturated/α-hetero) is 1. The summed E-state index contributed by atoms with van der Waals surface area (Å²) in [6.07, 6.45) is 1.57. The van der Waals surface area contributed by atoms with Gasteiger partial charge in [-0.05, 0) is 47.3 Å². The number of fused-ring (bicyclic) bond motifs is 1. The lowest BCUT2D eigenvalue weighted by Crippen LogP contribution is -2.62. The topological polar surface area (TPSA) is 189 Å². The van der Waals surface area contributed by atoms with E-state index in [1.54, 1.807) is 6.92 Å². The highest BCUT2D eigenvalue weighted by atomic mass is 16.5. The molecule has 2 aliphatic carbocycles. The third kappa shape index (κ3) is 8.20. The predicted molar refractivity (Wildman–Crippen MR) is 163 cm³/mol. The lowest BCUT2D eigenvalue weighted by Gasteiger charge is -2.38. The number of nitrogens with two attached hydrogens (primary N) is 1. The first-order valence-electron chi connectivity index (χ1n) is 15.6. The third-order valence-corrected chi connectivity index (χ3v) is 9.34. The summed E-state index contributed by atoms with van der Waals surface area (Å²) in [5.41, 5.74) is 3.88. The Kier molecular flexibility index (Phi) is 10.3. The summed E-state index contributed by atoms with van der Waals surface area (Å²) in [5.74, 6) is -2.68. The van der Waals surface area contributed by atoms with Crippen molar-refractivity contribution < 1.29 is 33.5 Å². The van der Waals surface area contributed by atoms with Crippen LogP contribution in [0.15, 0.2) is 0 Å². The zero-order valence-electron chi connectivity index (χ0n) is 27.7. The van der Waals surface area contributed by atoms with E-state index in [1.807, 2.05) is 55.4 Å². The molecule has 0 aromatic rings. The molecule has 0 spiro atoms. The molecule has 6 amide bonds. The van der Waals surface area contributed by atoms with Crippen LogP contribution in [0.1, 0.15) is 81.6 Å². The number of alkyl carbamates (subject to hydrolysis) is 1. The van der Waals surface area contributed by atoms with Gasteiger partial charge in [-0.3, -0.25) is 19.2 Å². The lowest BCUT2D eigenvalue weighted by molar-refractivity contribution is -0.145. The maximum absolute atomic E-state index is 14.2. The van der Waals surface area contributed by atoms with Crippen molar-refractivity contribution >= 4 is 35.6 Å². The number of primary amides is 1. The molecule has 2 saturated carbocycles. The number of ketones is 1. The Morgan fingerprint density at radius 2 is 1.57 bits per heavy atom. The van der Waals surface area contributed by atoms with Gasteiger partial charge in [0.05, 0.1) is 12.1 Å². The number of hydrogen-bond donors (Lipinski definition) is 5. The van der Waals surface area contributed by atoms with Crippen molar-refractivity contribution in [2.75, 3.05) is 19.7 Å². The molecule has 3 rings (SSSR count). The summed E-state index contributed by atoms with van der Waals surface area (Å²) in [7, 11) is 0. The summed E-state index contributed by atoms with van der Waals surface area (Å²) in [6.45, 7) is 17.7. The second-order valence-corrected chi connectivity index (χ2v) is 15.3. The Balaban J connectivity index is 1.79. The molecule has 0 radical (unpaired) electrons. The van der Waals surface area contributed by atoms with Gasteiger partial charge in [0.25, 0.3) is 5.91 Å². The van der Waals surface area contributed by atoms with Crippen LogP contribution in [0.25, 0.3) is 0 Å². The molecule has 13 nitrogen and oxygen atoms in total. The molecule has 1 heterocycles. The Morgan fingerprint density at radius 1 is 0.955 bits per heavy atom. The highest BCUT2D eigenvalue weighted by Crippen LogP contribution is 2.65. The summed E-state index contributed by atoms with van der Waals surface area (Å²) < 4.78 is 5.28. The number of nitrogens with zero attached hydrogens (tertiary/aromatic N) is 1. The summed E-state index contributed by atoms with van der Waals surface area (Å²) in [4.78, 5) is 79.0. The van der Waals surface area contributed by atoms with Gasteiger partial charge >= 0.3 is 12.1 Å². The number of hydrogen-bond acceptors (Lipinski definition) is 7. The van der Waals surface area contributed by atoms with E-state index in [4.69, 9.17) is 10.5 Å². The minimum atomic E-state index is -1.10. The smallest absolute Gasteiger partial charge is 0.407 e. The van der Waals surface area contributed by atoms with E-state index >= 15 is 0 Å². The maximum atomic E-state index is 14.2. The maximum Gasteiger partial charge on any atom is 0.407 e. The number of rotatable bonds is 12. The summed E-state index contributed by atoms with van der Waals surface area (Å²) in [6, 6.07) is -4.08. The SMILES string of the molecule is CCNC(=O)OC[C@@H](NC(=O)N[C@H](C(=O)N1C[C@H]2[C@@H](C1C(=O)NC(CC1CC1)C(=O)C(N)=O)C2(C)C)C(C)(C)C)C(C)(C)C. The minimum Gasteiger partial charge on any atom is -0.447 e. The van der Waals surface area contributed by atoms with Crippen LogP contribution >= 0.6 is 0 Å². The zero-order valence-corrected chi connectivity index (χ0v) is 27.7. The normalized spacial score (nSPS) is 24.2. The minimum absolute atomic E-state index is 0.0713. The summed E-state index contributed by atoms with van der Waals surface area (Å²) in [5, 5.41) is 11.0. The molecular weight excluding hydrogens is 568 g/mol. The quantitative estimate of drug-likeness (QED) is 0.205. The zero-order chi connectivity index (χ0) is 33.4. The number of carbonyl (C=O) groups excluding carboxylic acids is 6. The average molecular weight is 621 g/mol. The average Bonchev–Trinajstić information content (AvgIpc) is 3.74. The van der Waals surface area contributed by atoms with Crippen LogP contribution in [0.3, 0.4) is 0 Å². The van der Waals surface area contributed by atoms with Crippen molar-refractivity contribution in [3.63, 3.8) is 0 Å². The number of piperidine rings is 1. The van der Waals surface area contributed by atoms with E-state index in [-0.39, 0.29) is 29.8 Å². The molecule has 44 heavy (non-hydrogen) atoms. The fourth-order valence-corrected chi connectivity index (χ4v) is 6.17. The van der Waals surface area contributed by atoms with Crippen LogP contribution in [0.4, 0.5) is 9.59 Å². The number of carbonyl (C=O) groups is 6. The number of nitrogens with one attached hydrogen (secondary N) is 4. The van der Waals surface area contributed by atoms with E-state index in [9.17, 15) is 28.8 Å². The molecule has 6 atom stereocenters. The third-order valence-electron chi connectivity index (χ3n) is 9.34. The molecule has 0 aromatic heterocycles. The van der Waals surface area contributed by atoms with Gasteiger partial charge in [-0.1, -0.05) is 68.2 Å². The van der Waals surface area contributed by atoms with Crippen LogP contribution in [0.2, 0.25) is 0 Å². The van der Waals surface area contributed by atoms with Crippen LogP contribution in [-0.2, 0) is 23.9 Å². The highest BCUT2D eigenvalue weighted by molar-refractivity contribution is 6.37. The van der Waals surface area contributed by atoms with Gasteiger partial charge in [-0.15, -0.1) is 0 Å². The van der Waals surface area contributed by atoms with Crippen molar-refractivity contribution in [2.24, 2.45) is 39.7 Å². The second kappa shape index (κ2) is 12.9. The van der Waals surface area contributed by atoms with Gasteiger partial charge in [0.1, 0.15) is 18.7 Å². The molecule has 6 N–H and O–H groups in total. The van der Waals surface area contributed by atoms with E-state index < -0.39 is 70.6 Å². The van der Waals surface area contributed by atoms with Crippen molar-refractivity contribution in [3.05, 3.63) is 0 Å². The van der Waals surface area contributed by atoms with Crippen molar-refractivity contribution in [1.82, 2.24) is 26.2 Å². The van der Waals surface area contributed by atoms with Gasteiger partial charge in [-0.2, -0.15) is 0 Å². The molecule has 248 valence electrons. The van der Waals surface area contributed by atoms with Crippen LogP contribution in [0, 0.1) is 34.0 Å². The van der Waals surface area contributed by atoms with Gasteiger partial charge in [0.15, 0.2) is 0 Å². The number of amides is 6. The van der Waals surface area contributed by atoms with E-state index in [1.165, 1.54) is 4.90 Å². The van der Waals surface area contributed by atoms with Gasteiger partial charge in [0, 0.05) is 13.1 Å². The molecule has 0 aromatic carbocycles. The largest absolute Gasteiger partial charge is 0.447 e. The van der Waals surface area contributed by atoms with E-state index in [0.29, 0.717) is 19.5 Å². The number of urea groups is 1. The van der Waals surface area contributed by atoms with E-state index in [2.05, 4.69) is 21.3 Å². The fraction of sp³-hybridized carbons (Fsp3) is 0.806. The Morgan fingerprint density at radius 3 is 2.07 bits per heavy atom. The molecule has 1 saturated heterocycles. The monoisotopic (exact) mass is 620 g/mol. The molecule has 0 bridgehead atoms. The van der Waals surface area contributed by atoms with Crippen LogP contribution in [0.5, 0.6) is 0 Å². The Hall–Kier alpha value is -3.38. The molecule has 1 aliphatic heterocycles. The van der Waals surface area contributed by atoms with Gasteiger partial charge < -0.3 is 36.6 Å². The Bertz CT molecular complexity index is 1150. The van der Waals surface area contributed by atoms with E-state index in [0.717, 1.165) is 12.8 Å². The lowest BCUT2D eigenvalue weighted by atomic mass is 9.85. The van der Waals surface area contributed by atoms with Crippen molar-refractivity contribution in [3.8, 4) is 0 Å². The Labute approximate surface area is 260 Å². The van der Waals surface area contributed by atoms with Crippen LogP contribution < -0.4 is 27.0 Å². The summed E-state index contributed by atoms with van der Waals surface area (Å²) >= 11 is 0. The second-order valence-electron chi connectivity index (χ2n) is 15.3. The first-order valence-corrected chi connectivity index (χ1v) is 15.6. The molecule has 3 aliphatic rings. The highest BCUT2D eigenvalue weighted by Gasteiger charge is 2.70. The standard InChI is InChI=1S/C31H52N6O7/c1-10-33-28(43)44-15-19(29(2,3)4)35-27(42)36-23(30(5,6)7)26(41)37-14-17-20(31(17,8)9)21(37)25(40)34-18(13-16-11-12-16)22(38)24(32)39/h16-21,23H,10-15H2,1-9H3,(H2,32,39)(H,33,43)(H,34,40)(H2,35,36,42)/t17-,18?,19+,20-,21?,23+/m0/s1. The van der Waals surface area contributed by atoms with Crippen LogP contribution in [-0.4, -0.2) is 84.4 Å². The molecular formula is C31H52N6O7.